The van der Waals surface area contributed by atoms with Gasteiger partial charge in [0.25, 0.3) is 10.0 Å². The van der Waals surface area contributed by atoms with Gasteiger partial charge in [0, 0.05) is 38.1 Å². The molecule has 1 aromatic heterocycles. The summed E-state index contributed by atoms with van der Waals surface area (Å²) in [4.78, 5) is 6.73. The van der Waals surface area contributed by atoms with Crippen LogP contribution in [0, 0.1) is 12.7 Å². The molecule has 1 aliphatic heterocycles. The average Bonchev–Trinajstić information content (AvgIpc) is 2.77. The molecule has 0 atom stereocenters. The molecule has 0 bridgehead atoms. The van der Waals surface area contributed by atoms with Crippen molar-refractivity contribution in [2.75, 3.05) is 17.4 Å². The Balaban J connectivity index is 1.58. The molecule has 1 saturated heterocycles. The molecule has 0 N–H and O–H groups in total. The van der Waals surface area contributed by atoms with Gasteiger partial charge in [-0.05, 0) is 67.8 Å². The van der Waals surface area contributed by atoms with Gasteiger partial charge in [0.1, 0.15) is 5.82 Å². The van der Waals surface area contributed by atoms with E-state index < -0.39 is 10.0 Å². The van der Waals surface area contributed by atoms with Crippen LogP contribution in [0.25, 0.3) is 0 Å². The Labute approximate surface area is 183 Å². The van der Waals surface area contributed by atoms with Crippen LogP contribution in [0.15, 0.2) is 78.0 Å². The molecule has 0 amide bonds. The second-order valence-electron chi connectivity index (χ2n) is 7.96. The van der Waals surface area contributed by atoms with Crippen molar-refractivity contribution in [1.82, 2.24) is 9.88 Å². The van der Waals surface area contributed by atoms with Gasteiger partial charge in [-0.1, -0.05) is 23.8 Å². The van der Waals surface area contributed by atoms with Crippen LogP contribution in [-0.4, -0.2) is 37.4 Å². The number of likely N-dealkylation sites (tertiary alicyclic amines) is 1. The largest absolute Gasteiger partial charge is 0.299 e. The van der Waals surface area contributed by atoms with Crippen LogP contribution in [0.4, 0.5) is 10.1 Å². The zero-order chi connectivity index (χ0) is 21.8. The van der Waals surface area contributed by atoms with E-state index in [4.69, 9.17) is 0 Å². The third-order valence-corrected chi connectivity index (χ3v) is 7.57. The van der Waals surface area contributed by atoms with Gasteiger partial charge >= 0.3 is 0 Å². The number of halogens is 1. The van der Waals surface area contributed by atoms with Gasteiger partial charge in [0.15, 0.2) is 0 Å². The fourth-order valence-corrected chi connectivity index (χ4v) is 5.73. The standard InChI is InChI=1S/C24H26FN3O2S/c1-19-4-10-24(11-5-19)31(29,30)28(22-8-6-21(25)7-9-22)23-12-15-27(16-13-23)18-20-3-2-14-26-17-20/h2-11,14,17,23H,12-13,15-16,18H2,1H3. The Morgan fingerprint density at radius 2 is 1.71 bits per heavy atom. The Morgan fingerprint density at radius 3 is 2.32 bits per heavy atom. The predicted octanol–water partition coefficient (Wildman–Crippen LogP) is 4.39. The Kier molecular flexibility index (Phi) is 6.34. The van der Waals surface area contributed by atoms with E-state index in [0.717, 1.165) is 30.8 Å². The molecule has 2 heterocycles. The lowest BCUT2D eigenvalue weighted by atomic mass is 10.0. The molecule has 1 aliphatic rings. The minimum atomic E-state index is -3.78. The van der Waals surface area contributed by atoms with Crippen molar-refractivity contribution in [3.8, 4) is 0 Å². The van der Waals surface area contributed by atoms with Crippen molar-refractivity contribution >= 4 is 15.7 Å². The minimum Gasteiger partial charge on any atom is -0.299 e. The summed E-state index contributed by atoms with van der Waals surface area (Å²) in [5, 5.41) is 0. The lowest BCUT2D eigenvalue weighted by Gasteiger charge is -2.39. The fourth-order valence-electron chi connectivity index (χ4n) is 4.02. The number of hydrogen-bond donors (Lipinski definition) is 0. The zero-order valence-corrected chi connectivity index (χ0v) is 18.3. The first kappa shape index (κ1) is 21.5. The maximum absolute atomic E-state index is 13.6. The number of benzene rings is 2. The highest BCUT2D eigenvalue weighted by Crippen LogP contribution is 2.31. The first-order valence-electron chi connectivity index (χ1n) is 10.4. The number of rotatable bonds is 6. The number of anilines is 1. The number of aromatic nitrogens is 1. The van der Waals surface area contributed by atoms with Gasteiger partial charge in [-0.2, -0.15) is 0 Å². The second-order valence-corrected chi connectivity index (χ2v) is 9.77. The summed E-state index contributed by atoms with van der Waals surface area (Å²) in [6.07, 6.45) is 5.01. The molecule has 7 heteroatoms. The van der Waals surface area contributed by atoms with E-state index in [2.05, 4.69) is 9.88 Å². The Bertz CT molecular complexity index is 1100. The van der Waals surface area contributed by atoms with E-state index in [1.54, 1.807) is 42.6 Å². The van der Waals surface area contributed by atoms with E-state index in [0.29, 0.717) is 18.5 Å². The smallest absolute Gasteiger partial charge is 0.264 e. The summed E-state index contributed by atoms with van der Waals surface area (Å²) in [6.45, 7) is 4.27. The zero-order valence-electron chi connectivity index (χ0n) is 17.5. The summed E-state index contributed by atoms with van der Waals surface area (Å²) in [7, 11) is -3.78. The van der Waals surface area contributed by atoms with Gasteiger partial charge < -0.3 is 0 Å². The van der Waals surface area contributed by atoms with Crippen molar-refractivity contribution < 1.29 is 12.8 Å². The summed E-state index contributed by atoms with van der Waals surface area (Å²) in [5.74, 6) is -0.386. The Morgan fingerprint density at radius 1 is 1.03 bits per heavy atom. The Hall–Kier alpha value is -2.77. The monoisotopic (exact) mass is 439 g/mol. The summed E-state index contributed by atoms with van der Waals surface area (Å²) in [5.41, 5.74) is 2.63. The van der Waals surface area contributed by atoms with Crippen molar-refractivity contribution in [3.63, 3.8) is 0 Å². The van der Waals surface area contributed by atoms with E-state index in [9.17, 15) is 12.8 Å². The molecular weight excluding hydrogens is 413 g/mol. The minimum absolute atomic E-state index is 0.193. The predicted molar refractivity (Wildman–Crippen MR) is 120 cm³/mol. The first-order chi connectivity index (χ1) is 14.9. The highest BCUT2D eigenvalue weighted by atomic mass is 32.2. The van der Waals surface area contributed by atoms with Crippen LogP contribution >= 0.6 is 0 Å². The van der Waals surface area contributed by atoms with E-state index in [1.165, 1.54) is 16.4 Å². The van der Waals surface area contributed by atoms with Crippen LogP contribution in [0.5, 0.6) is 0 Å². The lowest BCUT2D eigenvalue weighted by Crippen LogP contribution is -2.47. The van der Waals surface area contributed by atoms with Crippen LogP contribution in [0.2, 0.25) is 0 Å². The van der Waals surface area contributed by atoms with E-state index in [-0.39, 0.29) is 16.8 Å². The first-order valence-corrected chi connectivity index (χ1v) is 11.9. The molecular formula is C24H26FN3O2S. The number of hydrogen-bond acceptors (Lipinski definition) is 4. The van der Waals surface area contributed by atoms with Crippen molar-refractivity contribution in [2.45, 2.75) is 37.2 Å². The molecule has 4 rings (SSSR count). The quantitative estimate of drug-likeness (QED) is 0.572. The fraction of sp³-hybridized carbons (Fsp3) is 0.292. The van der Waals surface area contributed by atoms with Gasteiger partial charge in [0.2, 0.25) is 0 Å². The number of aryl methyl sites for hydroxylation is 1. The molecule has 0 spiro atoms. The van der Waals surface area contributed by atoms with Crippen LogP contribution in [-0.2, 0) is 16.6 Å². The molecule has 0 radical (unpaired) electrons. The average molecular weight is 440 g/mol. The maximum atomic E-state index is 13.6. The maximum Gasteiger partial charge on any atom is 0.264 e. The summed E-state index contributed by atoms with van der Waals surface area (Å²) >= 11 is 0. The molecule has 0 saturated carbocycles. The van der Waals surface area contributed by atoms with Crippen molar-refractivity contribution in [1.29, 1.82) is 0 Å². The number of sulfonamides is 1. The number of piperidine rings is 1. The van der Waals surface area contributed by atoms with Crippen LogP contribution in [0.3, 0.4) is 0 Å². The van der Waals surface area contributed by atoms with Crippen molar-refractivity contribution in [3.05, 3.63) is 90.0 Å². The van der Waals surface area contributed by atoms with Crippen LogP contribution in [0.1, 0.15) is 24.0 Å². The van der Waals surface area contributed by atoms with Gasteiger partial charge in [-0.15, -0.1) is 0 Å². The molecule has 0 unspecified atom stereocenters. The van der Waals surface area contributed by atoms with Gasteiger partial charge in [-0.3, -0.25) is 14.2 Å². The summed E-state index contributed by atoms with van der Waals surface area (Å²) in [6, 6.07) is 16.4. The normalized spacial score (nSPS) is 15.7. The van der Waals surface area contributed by atoms with Crippen LogP contribution < -0.4 is 4.31 Å². The molecule has 1 fully saturated rings. The van der Waals surface area contributed by atoms with E-state index in [1.807, 2.05) is 25.3 Å². The lowest BCUT2D eigenvalue weighted by molar-refractivity contribution is 0.206. The SMILES string of the molecule is Cc1ccc(S(=O)(=O)N(c2ccc(F)cc2)C2CCN(Cc3cccnc3)CC2)cc1. The van der Waals surface area contributed by atoms with Gasteiger partial charge in [0.05, 0.1) is 10.6 Å². The topological polar surface area (TPSA) is 53.5 Å². The third-order valence-electron chi connectivity index (χ3n) is 5.68. The second kappa shape index (κ2) is 9.16. The highest BCUT2D eigenvalue weighted by Gasteiger charge is 2.34. The number of nitrogens with zero attached hydrogens (tertiary/aromatic N) is 3. The molecule has 0 aliphatic carbocycles. The molecule has 31 heavy (non-hydrogen) atoms. The number of pyridine rings is 1. The molecule has 3 aromatic rings. The third kappa shape index (κ3) is 4.94. The molecule has 162 valence electrons. The molecule has 2 aromatic carbocycles. The van der Waals surface area contributed by atoms with Gasteiger partial charge in [-0.25, -0.2) is 12.8 Å². The summed E-state index contributed by atoms with van der Waals surface area (Å²) < 4.78 is 42.2. The highest BCUT2D eigenvalue weighted by molar-refractivity contribution is 7.92. The molecule has 5 nitrogen and oxygen atoms in total. The van der Waals surface area contributed by atoms with E-state index >= 15 is 0 Å². The van der Waals surface area contributed by atoms with Crippen molar-refractivity contribution in [2.24, 2.45) is 0 Å².